The third-order valence-electron chi connectivity index (χ3n) is 10.7. The van der Waals surface area contributed by atoms with Crippen LogP contribution < -0.4 is 0 Å². The lowest BCUT2D eigenvalue weighted by Gasteiger charge is -2.11. The Morgan fingerprint density at radius 1 is 0.603 bits per heavy atom. The summed E-state index contributed by atoms with van der Waals surface area (Å²) >= 11 is 0. The summed E-state index contributed by atoms with van der Waals surface area (Å²) in [7, 11) is -6.31. The number of aliphatic carboxylic acids is 1. The molecule has 4 heterocycles. The quantitative estimate of drug-likeness (QED) is 0.119. The number of carbonyl (C=O) groups excluding carboxylic acids is 1. The Hall–Kier alpha value is -7.04. The molecule has 1 N–H and O–H groups in total. The maximum absolute atomic E-state index is 14.1. The molecule has 4 aromatic carbocycles. The number of pyridine rings is 2. The molecule has 8 aromatic rings. The Bertz CT molecular complexity index is 3250. The first-order valence-electron chi connectivity index (χ1n) is 19.4. The van der Waals surface area contributed by atoms with E-state index in [4.69, 9.17) is 4.74 Å². The topological polar surface area (TPSA) is 168 Å². The molecule has 8 rings (SSSR count). The molecule has 0 atom stereocenters. The van der Waals surface area contributed by atoms with Crippen molar-refractivity contribution in [1.29, 1.82) is 0 Å². The summed E-state index contributed by atoms with van der Waals surface area (Å²) in [6.45, 7) is 3.22. The molecule has 0 aliphatic rings. The molecule has 0 bridgehead atoms. The second-order valence-electron chi connectivity index (χ2n) is 14.5. The number of rotatable bonds is 12. The van der Waals surface area contributed by atoms with Crippen molar-refractivity contribution in [1.82, 2.24) is 19.1 Å². The number of halogens is 2. The van der Waals surface area contributed by atoms with E-state index >= 15 is 0 Å². The summed E-state index contributed by atoms with van der Waals surface area (Å²) in [5.41, 5.74) is 4.56. The summed E-state index contributed by atoms with van der Waals surface area (Å²) < 4.78 is 89.2. The van der Waals surface area contributed by atoms with Crippen molar-refractivity contribution in [2.45, 2.75) is 59.4 Å². The van der Waals surface area contributed by atoms with Crippen LogP contribution in [0.3, 0.4) is 0 Å². The van der Waals surface area contributed by atoms with Gasteiger partial charge in [0.1, 0.15) is 24.7 Å². The van der Waals surface area contributed by atoms with Gasteiger partial charge < -0.3 is 19.0 Å². The largest absolute Gasteiger partial charge is 0.480 e. The van der Waals surface area contributed by atoms with Gasteiger partial charge in [0.25, 0.3) is 0 Å². The van der Waals surface area contributed by atoms with E-state index in [0.29, 0.717) is 55.7 Å². The molecule has 0 fully saturated rings. The van der Waals surface area contributed by atoms with E-state index < -0.39 is 43.2 Å². The van der Waals surface area contributed by atoms with Gasteiger partial charge in [-0.15, -0.1) is 0 Å². The normalized spacial score (nSPS) is 11.6. The van der Waals surface area contributed by atoms with Crippen LogP contribution in [0.4, 0.5) is 8.78 Å². The van der Waals surface area contributed by atoms with Crippen molar-refractivity contribution in [2.75, 3.05) is 7.11 Å². The average molecular weight is 891 g/mol. The molecule has 0 radical (unpaired) electrons. The minimum absolute atomic E-state index is 0.0398. The van der Waals surface area contributed by atoms with Crippen molar-refractivity contribution in [2.24, 2.45) is 0 Å². The van der Waals surface area contributed by atoms with Gasteiger partial charge in [-0.3, -0.25) is 19.6 Å². The smallest absolute Gasteiger partial charge is 0.325 e. The molecule has 0 spiro atoms. The van der Waals surface area contributed by atoms with Crippen LogP contribution in [0.2, 0.25) is 0 Å². The third-order valence-corrected chi connectivity index (χ3v) is 14.4. The Kier molecular flexibility index (Phi) is 12.7. The number of hydrogen-bond acceptors (Lipinski definition) is 9. The van der Waals surface area contributed by atoms with E-state index in [1.807, 2.05) is 6.92 Å². The molecular weight excluding hydrogens is 851 g/mol. The molecule has 12 nitrogen and oxygen atoms in total. The van der Waals surface area contributed by atoms with Crippen LogP contribution in [-0.2, 0) is 59.9 Å². The second-order valence-corrected chi connectivity index (χ2v) is 18.3. The van der Waals surface area contributed by atoms with Crippen molar-refractivity contribution < 1.29 is 45.0 Å². The fourth-order valence-electron chi connectivity index (χ4n) is 7.62. The van der Waals surface area contributed by atoms with Crippen LogP contribution in [0, 0.1) is 25.5 Å². The van der Waals surface area contributed by atoms with E-state index in [1.165, 1.54) is 86.2 Å². The number of benzene rings is 4. The van der Waals surface area contributed by atoms with E-state index in [0.717, 1.165) is 0 Å². The van der Waals surface area contributed by atoms with Crippen LogP contribution in [0.25, 0.3) is 21.8 Å². The molecular formula is C47H40F2N4O8S2. The number of sulfone groups is 2. The van der Waals surface area contributed by atoms with Crippen LogP contribution in [0.15, 0.2) is 153 Å². The summed E-state index contributed by atoms with van der Waals surface area (Å²) in [5, 5.41) is 10.4. The molecule has 0 aliphatic carbocycles. The minimum atomic E-state index is -3.81. The zero-order valence-electron chi connectivity index (χ0n) is 34.2. The van der Waals surface area contributed by atoms with Gasteiger partial charge in [-0.1, -0.05) is 36.4 Å². The number of carboxylic acid groups (broad SMARTS) is 1. The molecule has 0 saturated heterocycles. The lowest BCUT2D eigenvalue weighted by molar-refractivity contribution is -0.141. The molecule has 16 heteroatoms. The zero-order valence-corrected chi connectivity index (χ0v) is 35.8. The first-order chi connectivity index (χ1) is 30.1. The van der Waals surface area contributed by atoms with Crippen LogP contribution in [-0.4, -0.2) is 60.1 Å². The number of esters is 1. The Morgan fingerprint density at radius 3 is 1.41 bits per heavy atom. The van der Waals surface area contributed by atoms with E-state index in [-0.39, 0.29) is 45.5 Å². The maximum atomic E-state index is 14.1. The van der Waals surface area contributed by atoms with Crippen molar-refractivity contribution in [3.63, 3.8) is 0 Å². The number of carboxylic acids is 1. The molecule has 0 unspecified atom stereocenters. The van der Waals surface area contributed by atoms with Crippen LogP contribution >= 0.6 is 0 Å². The number of hydrogen-bond donors (Lipinski definition) is 1. The number of aromatic nitrogens is 4. The summed E-state index contributed by atoms with van der Waals surface area (Å²) in [6.07, 6.45) is 3.30. The zero-order chi connectivity index (χ0) is 45.1. The summed E-state index contributed by atoms with van der Waals surface area (Å²) in [4.78, 5) is 32.4. The van der Waals surface area contributed by atoms with Gasteiger partial charge in [-0.05, 0) is 110 Å². The number of methoxy groups -OCH3 is 1. The Morgan fingerprint density at radius 2 is 1.02 bits per heavy atom. The average Bonchev–Trinajstić information content (AvgIpc) is 3.67. The van der Waals surface area contributed by atoms with Gasteiger partial charge in [-0.25, -0.2) is 25.6 Å². The van der Waals surface area contributed by atoms with Gasteiger partial charge in [0, 0.05) is 58.4 Å². The number of fused-ring (bicyclic) bond motifs is 2. The molecule has 63 heavy (non-hydrogen) atoms. The minimum Gasteiger partial charge on any atom is -0.480 e. The SMILES string of the molecule is COC(=O)Cn1c(C)c(Cc2ncccc2S(=O)(=O)c2ccccc2)c2cc(F)ccc21.Cc1c(Cc2ncccc2S(=O)(=O)c2ccccc2)c2cc(F)ccc2n1CC(=O)O. The predicted octanol–water partition coefficient (Wildman–Crippen LogP) is 8.07. The number of ether oxygens (including phenoxy) is 1. The molecule has 4 aromatic heterocycles. The molecule has 0 saturated carbocycles. The number of carbonyl (C=O) groups is 2. The lowest BCUT2D eigenvalue weighted by atomic mass is 10.1. The van der Waals surface area contributed by atoms with Crippen molar-refractivity contribution >= 4 is 53.4 Å². The van der Waals surface area contributed by atoms with Gasteiger partial charge in [0.15, 0.2) is 0 Å². The first kappa shape index (κ1) is 44.0. The maximum Gasteiger partial charge on any atom is 0.325 e. The predicted molar refractivity (Wildman–Crippen MR) is 231 cm³/mol. The van der Waals surface area contributed by atoms with Crippen molar-refractivity contribution in [3.05, 3.63) is 179 Å². The van der Waals surface area contributed by atoms with Gasteiger partial charge in [0.2, 0.25) is 19.7 Å². The van der Waals surface area contributed by atoms with E-state index in [2.05, 4.69) is 9.97 Å². The first-order valence-corrected chi connectivity index (χ1v) is 22.4. The van der Waals surface area contributed by atoms with Crippen molar-refractivity contribution in [3.8, 4) is 0 Å². The second kappa shape index (κ2) is 18.1. The lowest BCUT2D eigenvalue weighted by Crippen LogP contribution is -2.13. The third kappa shape index (κ3) is 8.99. The highest BCUT2D eigenvalue weighted by Crippen LogP contribution is 2.33. The highest BCUT2D eigenvalue weighted by atomic mass is 32.2. The fourth-order valence-corrected chi connectivity index (χ4v) is 10.5. The van der Waals surface area contributed by atoms with Crippen LogP contribution in [0.5, 0.6) is 0 Å². The van der Waals surface area contributed by atoms with E-state index in [1.54, 1.807) is 70.7 Å². The van der Waals surface area contributed by atoms with Gasteiger partial charge >= 0.3 is 11.9 Å². The van der Waals surface area contributed by atoms with Gasteiger partial charge in [-0.2, -0.15) is 0 Å². The molecule has 322 valence electrons. The molecule has 0 amide bonds. The number of nitrogens with zero attached hydrogens (tertiary/aromatic N) is 4. The highest BCUT2D eigenvalue weighted by molar-refractivity contribution is 7.91. The standard InChI is InChI=1S/C24H21FN2O4S.C23H19FN2O4S/c1-16-19(20-13-17(25)10-11-22(20)27(16)15-24(28)31-2)14-21-23(9-6-12-26-21)32(29,30)18-7-4-3-5-8-18;1-15-18(19-12-16(24)9-10-21(19)26(15)14-23(27)28)13-20-22(8-5-11-25-20)31(29,30)17-6-3-2-4-7-17/h3-13H,14-15H2,1-2H3;2-12H,13-14H2,1H3,(H,27,28). The van der Waals surface area contributed by atoms with Crippen LogP contribution in [0.1, 0.15) is 33.9 Å². The Balaban J connectivity index is 0.000000189. The van der Waals surface area contributed by atoms with E-state index in [9.17, 15) is 40.3 Å². The monoisotopic (exact) mass is 890 g/mol. The fraction of sp³-hybridized carbons (Fsp3) is 0.149. The highest BCUT2D eigenvalue weighted by Gasteiger charge is 2.26. The molecule has 0 aliphatic heterocycles. The Labute approximate surface area is 361 Å². The van der Waals surface area contributed by atoms with Gasteiger partial charge in [0.05, 0.1) is 38.1 Å². The summed E-state index contributed by atoms with van der Waals surface area (Å²) in [6, 6.07) is 30.8. The summed E-state index contributed by atoms with van der Waals surface area (Å²) in [5.74, 6) is -2.35.